The molecule has 164 valence electrons. The third-order valence-corrected chi connectivity index (χ3v) is 7.26. The van der Waals surface area contributed by atoms with Crippen molar-refractivity contribution in [2.24, 2.45) is 0 Å². The summed E-state index contributed by atoms with van der Waals surface area (Å²) in [5.41, 5.74) is 1.50. The Hall–Kier alpha value is -2.69. The monoisotopic (exact) mass is 461 g/mol. The summed E-state index contributed by atoms with van der Waals surface area (Å²) >= 11 is 1.08. The minimum absolute atomic E-state index is 0.0372. The van der Waals surface area contributed by atoms with Crippen LogP contribution in [0.3, 0.4) is 0 Å². The topological polar surface area (TPSA) is 103 Å². The molecule has 1 heterocycles. The fraction of sp³-hybridized carbons (Fsp3) is 0.286. The van der Waals surface area contributed by atoms with Crippen LogP contribution in [0.15, 0.2) is 69.1 Å². The number of nitrogens with zero attached hydrogens (tertiary/aromatic N) is 3. The molecule has 0 saturated heterocycles. The molecule has 0 saturated carbocycles. The Balaban J connectivity index is 1.57. The number of aromatic nitrogens is 2. The maximum atomic E-state index is 12.6. The minimum Gasteiger partial charge on any atom is -0.460 e. The summed E-state index contributed by atoms with van der Waals surface area (Å²) in [6.07, 6.45) is 0. The molecule has 3 aromatic rings. The third kappa shape index (κ3) is 5.93. The summed E-state index contributed by atoms with van der Waals surface area (Å²) in [4.78, 5) is 12.1. The van der Waals surface area contributed by atoms with E-state index in [0.29, 0.717) is 18.7 Å². The van der Waals surface area contributed by atoms with Crippen molar-refractivity contribution in [3.8, 4) is 11.5 Å². The maximum Gasteiger partial charge on any atom is 0.316 e. The van der Waals surface area contributed by atoms with E-state index < -0.39 is 10.0 Å². The highest BCUT2D eigenvalue weighted by atomic mass is 32.2. The van der Waals surface area contributed by atoms with Crippen molar-refractivity contribution >= 4 is 27.8 Å². The molecule has 0 spiro atoms. The first-order valence-electron chi connectivity index (χ1n) is 9.70. The Bertz CT molecular complexity index is 1100. The average Bonchev–Trinajstić information content (AvgIpc) is 3.27. The van der Waals surface area contributed by atoms with Gasteiger partial charge in [0.25, 0.3) is 5.22 Å². The molecule has 0 bridgehead atoms. The van der Waals surface area contributed by atoms with Crippen LogP contribution in [0.5, 0.6) is 0 Å². The van der Waals surface area contributed by atoms with Crippen LogP contribution in [0.4, 0.5) is 0 Å². The number of hydrogen-bond donors (Lipinski definition) is 0. The molecule has 0 aliphatic heterocycles. The molecule has 0 atom stereocenters. The molecule has 10 heteroatoms. The van der Waals surface area contributed by atoms with E-state index in [2.05, 4.69) is 10.2 Å². The Morgan fingerprint density at radius 1 is 1.03 bits per heavy atom. The predicted octanol–water partition coefficient (Wildman–Crippen LogP) is 3.60. The summed E-state index contributed by atoms with van der Waals surface area (Å²) < 4.78 is 37.3. The van der Waals surface area contributed by atoms with Gasteiger partial charge in [-0.2, -0.15) is 4.31 Å². The highest BCUT2D eigenvalue weighted by Gasteiger charge is 2.21. The molecule has 0 amide bonds. The van der Waals surface area contributed by atoms with E-state index >= 15 is 0 Å². The van der Waals surface area contributed by atoms with Crippen molar-refractivity contribution < 1.29 is 22.4 Å². The molecule has 0 fully saturated rings. The number of thioether (sulfide) groups is 1. The zero-order valence-electron chi connectivity index (χ0n) is 17.2. The van der Waals surface area contributed by atoms with E-state index in [1.54, 1.807) is 26.0 Å². The summed E-state index contributed by atoms with van der Waals surface area (Å²) in [6.45, 7) is 4.60. The molecule has 0 aliphatic carbocycles. The molecule has 0 N–H and O–H groups in total. The van der Waals surface area contributed by atoms with Crippen molar-refractivity contribution in [1.82, 2.24) is 14.5 Å². The van der Waals surface area contributed by atoms with Gasteiger partial charge in [-0.3, -0.25) is 4.79 Å². The molecular weight excluding hydrogens is 438 g/mol. The smallest absolute Gasteiger partial charge is 0.316 e. The van der Waals surface area contributed by atoms with Gasteiger partial charge in [0.2, 0.25) is 15.9 Å². The lowest BCUT2D eigenvalue weighted by Crippen LogP contribution is -2.30. The zero-order valence-corrected chi connectivity index (χ0v) is 18.9. The van der Waals surface area contributed by atoms with Gasteiger partial charge in [0, 0.05) is 18.7 Å². The molecule has 0 unspecified atom stereocenters. The van der Waals surface area contributed by atoms with E-state index in [4.69, 9.17) is 9.15 Å². The molecule has 0 radical (unpaired) electrons. The number of rotatable bonds is 10. The van der Waals surface area contributed by atoms with Gasteiger partial charge < -0.3 is 9.15 Å². The average molecular weight is 462 g/mol. The van der Waals surface area contributed by atoms with Gasteiger partial charge in [0.05, 0.1) is 4.90 Å². The van der Waals surface area contributed by atoms with E-state index in [1.165, 1.54) is 16.4 Å². The van der Waals surface area contributed by atoms with E-state index in [0.717, 1.165) is 17.3 Å². The van der Waals surface area contributed by atoms with E-state index in [9.17, 15) is 13.2 Å². The van der Waals surface area contributed by atoms with E-state index in [1.807, 2.05) is 30.3 Å². The number of hydrogen-bond acceptors (Lipinski definition) is 8. The number of carbonyl (C=O) groups is 1. The summed E-state index contributed by atoms with van der Waals surface area (Å²) in [6, 6.07) is 15.7. The van der Waals surface area contributed by atoms with Crippen LogP contribution < -0.4 is 0 Å². The van der Waals surface area contributed by atoms with Gasteiger partial charge in [-0.25, -0.2) is 8.42 Å². The van der Waals surface area contributed by atoms with Gasteiger partial charge in [-0.1, -0.05) is 55.9 Å². The molecular formula is C21H23N3O5S2. The maximum absolute atomic E-state index is 12.6. The van der Waals surface area contributed by atoms with Crippen molar-refractivity contribution in [2.75, 3.05) is 18.8 Å². The van der Waals surface area contributed by atoms with Crippen molar-refractivity contribution in [2.45, 2.75) is 30.6 Å². The lowest BCUT2D eigenvalue weighted by atomic mass is 10.2. The lowest BCUT2D eigenvalue weighted by Gasteiger charge is -2.18. The molecule has 1 aromatic heterocycles. The number of sulfonamides is 1. The Labute approximate surface area is 185 Å². The molecule has 0 aliphatic rings. The molecule has 31 heavy (non-hydrogen) atoms. The first kappa shape index (κ1) is 23.0. The van der Waals surface area contributed by atoms with Crippen LogP contribution in [-0.4, -0.2) is 47.7 Å². The van der Waals surface area contributed by atoms with Gasteiger partial charge >= 0.3 is 5.97 Å². The van der Waals surface area contributed by atoms with Crippen LogP contribution in [0.25, 0.3) is 11.5 Å². The minimum atomic E-state index is -3.53. The Morgan fingerprint density at radius 3 is 2.35 bits per heavy atom. The number of benzene rings is 2. The normalized spacial score (nSPS) is 11.6. The summed E-state index contributed by atoms with van der Waals surface area (Å²) in [7, 11) is -3.53. The highest BCUT2D eigenvalue weighted by Crippen LogP contribution is 2.25. The van der Waals surface area contributed by atoms with Crippen molar-refractivity contribution in [1.29, 1.82) is 0 Å². The van der Waals surface area contributed by atoms with Crippen LogP contribution in [0.2, 0.25) is 0 Å². The Kier molecular flexibility index (Phi) is 7.83. The SMILES string of the molecule is CCN(CC)S(=O)(=O)c1ccc(-c2nnc(SCC(=O)OCc3ccccc3)o2)cc1. The van der Waals surface area contributed by atoms with Gasteiger partial charge in [-0.15, -0.1) is 10.2 Å². The first-order chi connectivity index (χ1) is 14.9. The molecule has 3 rings (SSSR count). The first-order valence-corrected chi connectivity index (χ1v) is 12.1. The summed E-state index contributed by atoms with van der Waals surface area (Å²) in [5.74, 6) is -0.110. The second-order valence-electron chi connectivity index (χ2n) is 6.42. The van der Waals surface area contributed by atoms with Crippen molar-refractivity contribution in [3.05, 3.63) is 60.2 Å². The fourth-order valence-electron chi connectivity index (χ4n) is 2.77. The van der Waals surface area contributed by atoms with Gasteiger partial charge in [0.15, 0.2) is 0 Å². The predicted molar refractivity (Wildman–Crippen MR) is 117 cm³/mol. The van der Waals surface area contributed by atoms with Gasteiger partial charge in [0.1, 0.15) is 12.4 Å². The second kappa shape index (κ2) is 10.6. The number of carbonyl (C=O) groups excluding carboxylic acids is 1. The number of esters is 1. The largest absolute Gasteiger partial charge is 0.460 e. The van der Waals surface area contributed by atoms with Crippen LogP contribution >= 0.6 is 11.8 Å². The van der Waals surface area contributed by atoms with Crippen LogP contribution in [0.1, 0.15) is 19.4 Å². The highest BCUT2D eigenvalue weighted by molar-refractivity contribution is 7.99. The fourth-order valence-corrected chi connectivity index (χ4v) is 4.79. The zero-order chi connectivity index (χ0) is 22.3. The quantitative estimate of drug-likeness (QED) is 0.333. The standard InChI is InChI=1S/C21H23N3O5S2/c1-3-24(4-2)31(26,27)18-12-10-17(11-13-18)20-22-23-21(29-20)30-15-19(25)28-14-16-8-6-5-7-9-16/h5-13H,3-4,14-15H2,1-2H3. The number of ether oxygens (including phenoxy) is 1. The third-order valence-electron chi connectivity index (χ3n) is 4.41. The second-order valence-corrected chi connectivity index (χ2v) is 9.29. The summed E-state index contributed by atoms with van der Waals surface area (Å²) in [5, 5.41) is 8.12. The van der Waals surface area contributed by atoms with Gasteiger partial charge in [-0.05, 0) is 29.8 Å². The lowest BCUT2D eigenvalue weighted by molar-refractivity contribution is -0.141. The van der Waals surface area contributed by atoms with Crippen molar-refractivity contribution in [3.63, 3.8) is 0 Å². The Morgan fingerprint density at radius 2 is 1.71 bits per heavy atom. The molecule has 2 aromatic carbocycles. The van der Waals surface area contributed by atoms with Crippen LogP contribution in [-0.2, 0) is 26.2 Å². The van der Waals surface area contributed by atoms with Crippen LogP contribution in [0, 0.1) is 0 Å². The molecule has 8 nitrogen and oxygen atoms in total. The van der Waals surface area contributed by atoms with E-state index in [-0.39, 0.29) is 34.3 Å².